The van der Waals surface area contributed by atoms with Gasteiger partial charge in [-0.1, -0.05) is 71.1 Å². The topological polar surface area (TPSA) is 110 Å². The Morgan fingerprint density at radius 2 is 1.23 bits per heavy atom. The highest BCUT2D eigenvalue weighted by Gasteiger charge is 2.02. The van der Waals surface area contributed by atoms with Gasteiger partial charge in [0.1, 0.15) is 0 Å². The van der Waals surface area contributed by atoms with Crippen LogP contribution >= 0.6 is 0 Å². The molecule has 136 valence electrons. The van der Waals surface area contributed by atoms with Crippen LogP contribution in [-0.2, 0) is 14.6 Å². The Hall–Kier alpha value is -0.210. The number of rotatable bonds is 14. The van der Waals surface area contributed by atoms with Crippen molar-refractivity contribution in [1.29, 1.82) is 0 Å². The lowest BCUT2D eigenvalue weighted by Gasteiger charge is -2.02. The minimum atomic E-state index is -4.24. The summed E-state index contributed by atoms with van der Waals surface area (Å²) in [5.74, 6) is 0. The van der Waals surface area contributed by atoms with Gasteiger partial charge in [-0.3, -0.25) is 4.55 Å². The van der Waals surface area contributed by atoms with E-state index in [0.717, 1.165) is 12.8 Å². The number of unbranched alkanes of at least 4 members (excludes halogenated alkanes) is 10. The van der Waals surface area contributed by atoms with Crippen LogP contribution in [0.15, 0.2) is 0 Å². The molecule has 0 bridgehead atoms. The van der Waals surface area contributed by atoms with Crippen molar-refractivity contribution in [1.82, 2.24) is 0 Å². The summed E-state index contributed by atoms with van der Waals surface area (Å²) >= 11 is 0. The lowest BCUT2D eigenvalue weighted by atomic mass is 10.1. The molecule has 7 heteroatoms. The Morgan fingerprint density at radius 3 is 1.55 bits per heavy atom. The van der Waals surface area contributed by atoms with E-state index in [0.29, 0.717) is 13.0 Å². The maximum atomic E-state index is 10.2. The summed E-state index contributed by atoms with van der Waals surface area (Å²) in [6.07, 6.45) is 13.3. The summed E-state index contributed by atoms with van der Waals surface area (Å²) in [7, 11) is -4.24. The van der Waals surface area contributed by atoms with E-state index in [4.69, 9.17) is 15.4 Å². The third-order valence-corrected chi connectivity index (χ3v) is 3.57. The number of hydrogen-bond acceptors (Lipinski definition) is 5. The molecular formula is C15H35NO5S. The van der Waals surface area contributed by atoms with Crippen LogP contribution in [-0.4, -0.2) is 37.8 Å². The molecule has 0 saturated heterocycles. The predicted octanol–water partition coefficient (Wildman–Crippen LogP) is 3.05. The molecule has 0 aromatic rings. The van der Waals surface area contributed by atoms with Crippen LogP contribution in [0.2, 0.25) is 0 Å². The maximum absolute atomic E-state index is 10.2. The van der Waals surface area contributed by atoms with E-state index < -0.39 is 10.4 Å². The highest BCUT2D eigenvalue weighted by molar-refractivity contribution is 7.80. The first-order chi connectivity index (χ1) is 10.5. The Bertz CT molecular complexity index is 294. The molecule has 0 radical (unpaired) electrons. The fourth-order valence-corrected chi connectivity index (χ4v) is 2.26. The second-order valence-corrected chi connectivity index (χ2v) is 6.39. The summed E-state index contributed by atoms with van der Waals surface area (Å²) in [5, 5.41) is 7.75. The molecular weight excluding hydrogens is 306 g/mol. The Morgan fingerprint density at radius 1 is 0.864 bits per heavy atom. The van der Waals surface area contributed by atoms with Gasteiger partial charge in [0.05, 0.1) is 13.2 Å². The van der Waals surface area contributed by atoms with Crippen molar-refractivity contribution < 1.29 is 22.3 Å². The van der Waals surface area contributed by atoms with Crippen molar-refractivity contribution in [2.45, 2.75) is 77.6 Å². The lowest BCUT2D eigenvalue weighted by Crippen LogP contribution is -2.04. The van der Waals surface area contributed by atoms with Crippen LogP contribution < -0.4 is 5.73 Å². The molecule has 0 unspecified atom stereocenters. The molecule has 0 aromatic heterocycles. The van der Waals surface area contributed by atoms with E-state index >= 15 is 0 Å². The largest absolute Gasteiger partial charge is 0.397 e. The first-order valence-electron chi connectivity index (χ1n) is 8.40. The molecule has 0 saturated carbocycles. The van der Waals surface area contributed by atoms with Crippen LogP contribution in [0.3, 0.4) is 0 Å². The van der Waals surface area contributed by atoms with Gasteiger partial charge in [-0.2, -0.15) is 8.42 Å². The number of aliphatic hydroxyl groups excluding tert-OH is 1. The van der Waals surface area contributed by atoms with E-state index in [9.17, 15) is 8.42 Å². The van der Waals surface area contributed by atoms with Crippen molar-refractivity contribution in [2.75, 3.05) is 19.8 Å². The van der Waals surface area contributed by atoms with E-state index in [-0.39, 0.29) is 13.2 Å². The first kappa shape index (κ1) is 24.0. The van der Waals surface area contributed by atoms with E-state index in [1.807, 2.05) is 0 Å². The van der Waals surface area contributed by atoms with Gasteiger partial charge in [0.25, 0.3) is 0 Å². The molecule has 0 aliphatic rings. The predicted molar refractivity (Wildman–Crippen MR) is 90.1 cm³/mol. The van der Waals surface area contributed by atoms with Gasteiger partial charge in [-0.15, -0.1) is 0 Å². The minimum absolute atomic E-state index is 0.0931. The summed E-state index contributed by atoms with van der Waals surface area (Å²) < 4.78 is 33.1. The molecule has 0 fully saturated rings. The fourth-order valence-electron chi connectivity index (χ4n) is 1.93. The molecule has 0 rings (SSSR count). The summed E-state index contributed by atoms with van der Waals surface area (Å²) in [5.41, 5.74) is 4.78. The van der Waals surface area contributed by atoms with Crippen molar-refractivity contribution >= 4 is 10.4 Å². The molecule has 0 amide bonds. The zero-order chi connectivity index (χ0) is 17.1. The van der Waals surface area contributed by atoms with Gasteiger partial charge >= 0.3 is 10.4 Å². The Labute approximate surface area is 136 Å². The van der Waals surface area contributed by atoms with Gasteiger partial charge in [0, 0.05) is 6.54 Å². The van der Waals surface area contributed by atoms with Crippen LogP contribution in [0.4, 0.5) is 0 Å². The molecule has 0 spiro atoms. The summed E-state index contributed by atoms with van der Waals surface area (Å²) in [6.45, 7) is 2.79. The fraction of sp³-hybridized carbons (Fsp3) is 1.00. The van der Waals surface area contributed by atoms with Crippen molar-refractivity contribution in [2.24, 2.45) is 5.73 Å². The Kier molecular flexibility index (Phi) is 20.6. The van der Waals surface area contributed by atoms with E-state index in [1.165, 1.54) is 51.4 Å². The first-order valence-corrected chi connectivity index (χ1v) is 9.77. The average Bonchev–Trinajstić information content (AvgIpc) is 2.47. The quantitative estimate of drug-likeness (QED) is 0.331. The van der Waals surface area contributed by atoms with Gasteiger partial charge in [0.15, 0.2) is 0 Å². The minimum Gasteiger partial charge on any atom is -0.395 e. The summed E-state index contributed by atoms with van der Waals surface area (Å²) in [6, 6.07) is 0. The Balaban J connectivity index is 0. The molecule has 22 heavy (non-hydrogen) atoms. The molecule has 6 nitrogen and oxygen atoms in total. The zero-order valence-corrected chi connectivity index (χ0v) is 14.8. The van der Waals surface area contributed by atoms with Crippen molar-refractivity contribution in [3.05, 3.63) is 0 Å². The smallest absolute Gasteiger partial charge is 0.395 e. The monoisotopic (exact) mass is 341 g/mol. The lowest BCUT2D eigenvalue weighted by molar-refractivity contribution is 0.261. The van der Waals surface area contributed by atoms with Crippen LogP contribution in [0.25, 0.3) is 0 Å². The maximum Gasteiger partial charge on any atom is 0.397 e. The average molecular weight is 342 g/mol. The molecule has 0 aliphatic heterocycles. The normalized spacial score (nSPS) is 11.1. The zero-order valence-electron chi connectivity index (χ0n) is 14.0. The van der Waals surface area contributed by atoms with Crippen molar-refractivity contribution in [3.8, 4) is 0 Å². The third kappa shape index (κ3) is 28.0. The molecule has 0 aliphatic carbocycles. The van der Waals surface area contributed by atoms with Gasteiger partial charge < -0.3 is 10.8 Å². The van der Waals surface area contributed by atoms with Crippen LogP contribution in [0, 0.1) is 0 Å². The molecule has 4 N–H and O–H groups in total. The van der Waals surface area contributed by atoms with Gasteiger partial charge in [-0.05, 0) is 6.42 Å². The highest BCUT2D eigenvalue weighted by atomic mass is 32.3. The third-order valence-electron chi connectivity index (χ3n) is 3.11. The van der Waals surface area contributed by atoms with Crippen molar-refractivity contribution in [3.63, 3.8) is 0 Å². The highest BCUT2D eigenvalue weighted by Crippen LogP contribution is 2.11. The van der Waals surface area contributed by atoms with Crippen LogP contribution in [0.5, 0.6) is 0 Å². The van der Waals surface area contributed by atoms with Crippen LogP contribution in [0.1, 0.15) is 77.6 Å². The van der Waals surface area contributed by atoms with E-state index in [2.05, 4.69) is 11.1 Å². The number of hydrogen-bond donors (Lipinski definition) is 3. The van der Waals surface area contributed by atoms with E-state index in [1.54, 1.807) is 0 Å². The SMILES string of the molecule is CCCCCCCCCCCCCOS(=O)(=O)O.NCCO. The van der Waals surface area contributed by atoms with Gasteiger partial charge in [0.2, 0.25) is 0 Å². The number of nitrogens with two attached hydrogens (primary N) is 1. The second kappa shape index (κ2) is 18.8. The number of aliphatic hydroxyl groups is 1. The molecule has 0 aromatic carbocycles. The van der Waals surface area contributed by atoms with Gasteiger partial charge in [-0.25, -0.2) is 4.18 Å². The molecule has 0 heterocycles. The molecule has 0 atom stereocenters. The second-order valence-electron chi connectivity index (χ2n) is 5.30. The standard InChI is InChI=1S/C13H28O4S.C2H7NO/c1-2-3-4-5-6-7-8-9-10-11-12-13-17-18(14,15)16;3-1-2-4/h2-13H2,1H3,(H,14,15,16);4H,1-3H2. The summed E-state index contributed by atoms with van der Waals surface area (Å²) in [4.78, 5) is 0.